The fourth-order valence-electron chi connectivity index (χ4n) is 4.88. The Morgan fingerprint density at radius 3 is 2.57 bits per heavy atom. The average molecular weight is 528 g/mol. The molecule has 5 rings (SSSR count). The van der Waals surface area contributed by atoms with Crippen LogP contribution >= 0.6 is 11.6 Å². The van der Waals surface area contributed by atoms with Crippen molar-refractivity contribution in [2.24, 2.45) is 0 Å². The number of nitrogens with zero attached hydrogens (tertiary/aromatic N) is 5. The SMILES string of the molecule is CC1(c2nn(CCCN3CCN(c4cccc(Cl)c4)CC3)c(=O)n2CCOc2ccccc2)COCO1. The second kappa shape index (κ2) is 11.7. The van der Waals surface area contributed by atoms with Gasteiger partial charge in [0.2, 0.25) is 0 Å². The Morgan fingerprint density at radius 2 is 1.84 bits per heavy atom. The van der Waals surface area contributed by atoms with E-state index in [1.165, 1.54) is 5.69 Å². The Labute approximate surface area is 222 Å². The zero-order chi connectivity index (χ0) is 25.7. The molecule has 198 valence electrons. The van der Waals surface area contributed by atoms with Crippen LogP contribution in [0.15, 0.2) is 59.4 Å². The number of hydrogen-bond acceptors (Lipinski definition) is 7. The zero-order valence-electron chi connectivity index (χ0n) is 21.2. The number of rotatable bonds is 10. The first-order valence-corrected chi connectivity index (χ1v) is 13.2. The van der Waals surface area contributed by atoms with Crippen LogP contribution < -0.4 is 15.3 Å². The number of halogens is 1. The summed E-state index contributed by atoms with van der Waals surface area (Å²) in [5, 5.41) is 5.46. The molecule has 2 aliphatic heterocycles. The average Bonchev–Trinajstić information content (AvgIpc) is 3.50. The molecule has 3 heterocycles. The third-order valence-electron chi connectivity index (χ3n) is 6.95. The van der Waals surface area contributed by atoms with Crippen molar-refractivity contribution >= 4 is 17.3 Å². The van der Waals surface area contributed by atoms with E-state index in [0.717, 1.165) is 49.9 Å². The van der Waals surface area contributed by atoms with Crippen LogP contribution in [0.4, 0.5) is 5.69 Å². The molecule has 1 atom stereocenters. The second-order valence-corrected chi connectivity index (χ2v) is 10.1. The van der Waals surface area contributed by atoms with Gasteiger partial charge < -0.3 is 19.1 Å². The normalized spacial score (nSPS) is 20.4. The molecule has 0 radical (unpaired) electrons. The van der Waals surface area contributed by atoms with Gasteiger partial charge in [-0.1, -0.05) is 35.9 Å². The largest absolute Gasteiger partial charge is 0.492 e. The summed E-state index contributed by atoms with van der Waals surface area (Å²) < 4.78 is 20.4. The van der Waals surface area contributed by atoms with Gasteiger partial charge in [-0.25, -0.2) is 9.48 Å². The van der Waals surface area contributed by atoms with Crippen molar-refractivity contribution in [3.63, 3.8) is 0 Å². The van der Waals surface area contributed by atoms with Crippen molar-refractivity contribution in [3.8, 4) is 5.75 Å². The van der Waals surface area contributed by atoms with Gasteiger partial charge in [0, 0.05) is 50.0 Å². The van der Waals surface area contributed by atoms with Crippen LogP contribution in [-0.2, 0) is 28.2 Å². The Bertz CT molecular complexity index is 1220. The van der Waals surface area contributed by atoms with Crippen LogP contribution in [0.25, 0.3) is 0 Å². The maximum Gasteiger partial charge on any atom is 0.346 e. The molecule has 2 saturated heterocycles. The Kier molecular flexibility index (Phi) is 8.14. The van der Waals surface area contributed by atoms with Crippen molar-refractivity contribution < 1.29 is 14.2 Å². The maximum atomic E-state index is 13.3. The molecule has 10 heteroatoms. The summed E-state index contributed by atoms with van der Waals surface area (Å²) in [6.07, 6.45) is 0.835. The molecule has 0 bridgehead atoms. The first-order valence-electron chi connectivity index (χ1n) is 12.8. The minimum absolute atomic E-state index is 0.144. The van der Waals surface area contributed by atoms with Crippen molar-refractivity contribution in [3.05, 3.63) is 75.9 Å². The van der Waals surface area contributed by atoms with Crippen LogP contribution in [0.1, 0.15) is 19.2 Å². The Morgan fingerprint density at radius 1 is 1.03 bits per heavy atom. The summed E-state index contributed by atoms with van der Waals surface area (Å²) in [5.74, 6) is 1.36. The van der Waals surface area contributed by atoms with Crippen molar-refractivity contribution in [1.29, 1.82) is 0 Å². The molecule has 0 spiro atoms. The van der Waals surface area contributed by atoms with E-state index in [-0.39, 0.29) is 12.5 Å². The first-order chi connectivity index (χ1) is 18.0. The van der Waals surface area contributed by atoms with E-state index in [4.69, 9.17) is 30.9 Å². The van der Waals surface area contributed by atoms with Crippen LogP contribution in [0.2, 0.25) is 5.02 Å². The molecule has 9 nitrogen and oxygen atoms in total. The lowest BCUT2D eigenvalue weighted by Crippen LogP contribution is -2.46. The monoisotopic (exact) mass is 527 g/mol. The molecular formula is C27H34ClN5O4. The fraction of sp³-hybridized carbons (Fsp3) is 0.481. The summed E-state index contributed by atoms with van der Waals surface area (Å²) in [4.78, 5) is 18.1. The van der Waals surface area contributed by atoms with Crippen molar-refractivity contribution in [1.82, 2.24) is 19.2 Å². The molecule has 3 aromatic rings. The van der Waals surface area contributed by atoms with Gasteiger partial charge in [-0.2, -0.15) is 5.10 Å². The van der Waals surface area contributed by atoms with Gasteiger partial charge in [0.05, 0.1) is 13.2 Å². The van der Waals surface area contributed by atoms with Crippen LogP contribution in [0.3, 0.4) is 0 Å². The van der Waals surface area contributed by atoms with Crippen molar-refractivity contribution in [2.75, 3.05) is 57.6 Å². The predicted octanol–water partition coefficient (Wildman–Crippen LogP) is 3.21. The van der Waals surface area contributed by atoms with E-state index in [1.807, 2.05) is 55.5 Å². The molecule has 2 fully saturated rings. The Balaban J connectivity index is 1.18. The molecule has 0 saturated carbocycles. The lowest BCUT2D eigenvalue weighted by Gasteiger charge is -2.36. The molecule has 37 heavy (non-hydrogen) atoms. The number of aromatic nitrogens is 3. The minimum Gasteiger partial charge on any atom is -0.492 e. The molecule has 0 N–H and O–H groups in total. The van der Waals surface area contributed by atoms with Gasteiger partial charge in [-0.3, -0.25) is 9.47 Å². The highest BCUT2D eigenvalue weighted by molar-refractivity contribution is 6.30. The summed E-state index contributed by atoms with van der Waals surface area (Å²) >= 11 is 6.16. The summed E-state index contributed by atoms with van der Waals surface area (Å²) in [6, 6.07) is 17.6. The fourth-order valence-corrected chi connectivity index (χ4v) is 5.06. The minimum atomic E-state index is -0.756. The van der Waals surface area contributed by atoms with Crippen molar-refractivity contribution in [2.45, 2.75) is 32.0 Å². The van der Waals surface area contributed by atoms with Gasteiger partial charge >= 0.3 is 5.69 Å². The van der Waals surface area contributed by atoms with Gasteiger partial charge in [0.25, 0.3) is 0 Å². The molecule has 1 aromatic heterocycles. The Hall–Kier alpha value is -2.85. The lowest BCUT2D eigenvalue weighted by atomic mass is 10.1. The number of aryl methyl sites for hydroxylation is 1. The number of piperazine rings is 1. The van der Waals surface area contributed by atoms with Crippen LogP contribution in [0.5, 0.6) is 5.75 Å². The van der Waals surface area contributed by atoms with E-state index >= 15 is 0 Å². The molecule has 2 aliphatic rings. The van der Waals surface area contributed by atoms with E-state index < -0.39 is 5.60 Å². The first kappa shape index (κ1) is 25.8. The standard InChI is InChI=1S/C27H34ClN5O4/c1-27(20-35-21-37-27)25-29-33(26(34)32(25)17-18-36-24-9-3-2-4-10-24)12-6-11-30-13-15-31(16-14-30)23-8-5-7-22(28)19-23/h2-5,7-10,19H,6,11-18,20-21H2,1H3. The third-order valence-corrected chi connectivity index (χ3v) is 7.19. The summed E-state index contributed by atoms with van der Waals surface area (Å²) in [6.45, 7) is 8.52. The number of ether oxygens (including phenoxy) is 3. The van der Waals surface area contributed by atoms with Gasteiger partial charge in [0.15, 0.2) is 11.4 Å². The second-order valence-electron chi connectivity index (χ2n) is 9.65. The highest BCUT2D eigenvalue weighted by Gasteiger charge is 2.39. The zero-order valence-corrected chi connectivity index (χ0v) is 22.0. The molecule has 2 aromatic carbocycles. The van der Waals surface area contributed by atoms with Gasteiger partial charge in [-0.05, 0) is 43.7 Å². The van der Waals surface area contributed by atoms with E-state index in [1.54, 1.807) is 9.25 Å². The number of hydrogen-bond donors (Lipinski definition) is 0. The smallest absolute Gasteiger partial charge is 0.346 e. The number of anilines is 1. The quantitative estimate of drug-likeness (QED) is 0.401. The molecule has 1 unspecified atom stereocenters. The van der Waals surface area contributed by atoms with E-state index in [9.17, 15) is 4.79 Å². The summed E-state index contributed by atoms with van der Waals surface area (Å²) in [7, 11) is 0. The highest BCUT2D eigenvalue weighted by Crippen LogP contribution is 2.28. The topological polar surface area (TPSA) is 74.0 Å². The third kappa shape index (κ3) is 6.18. The molecule has 0 aliphatic carbocycles. The van der Waals surface area contributed by atoms with E-state index in [2.05, 4.69) is 15.9 Å². The van der Waals surface area contributed by atoms with Gasteiger partial charge in [0.1, 0.15) is 19.1 Å². The molecular weight excluding hydrogens is 494 g/mol. The number of para-hydroxylation sites is 1. The van der Waals surface area contributed by atoms with Gasteiger partial charge in [-0.15, -0.1) is 0 Å². The van der Waals surface area contributed by atoms with Crippen LogP contribution in [0, 0.1) is 0 Å². The van der Waals surface area contributed by atoms with E-state index in [0.29, 0.717) is 32.1 Å². The summed E-state index contributed by atoms with van der Waals surface area (Å²) in [5.41, 5.74) is 0.266. The maximum absolute atomic E-state index is 13.3. The highest BCUT2D eigenvalue weighted by atomic mass is 35.5. The lowest BCUT2D eigenvalue weighted by molar-refractivity contribution is -0.00792. The molecule has 0 amide bonds. The van der Waals surface area contributed by atoms with Crippen LogP contribution in [-0.4, -0.2) is 72.0 Å². The predicted molar refractivity (Wildman–Crippen MR) is 142 cm³/mol. The number of benzene rings is 2.